The SMILES string of the molecule is Cc1sc(N(CCc2ccc(C(=O)OC(C)(C)C)cc2)Cc2ccccc2)nc1C(N)=O. The van der Waals surface area contributed by atoms with E-state index in [1.165, 1.54) is 11.3 Å². The zero-order valence-electron chi connectivity index (χ0n) is 18.9. The van der Waals surface area contributed by atoms with E-state index in [-0.39, 0.29) is 5.97 Å². The fraction of sp³-hybridized carbons (Fsp3) is 0.320. The number of thiazole rings is 1. The highest BCUT2D eigenvalue weighted by atomic mass is 32.1. The number of anilines is 1. The normalized spacial score (nSPS) is 11.2. The summed E-state index contributed by atoms with van der Waals surface area (Å²) in [6.45, 7) is 8.78. The molecule has 3 rings (SSSR count). The van der Waals surface area contributed by atoms with E-state index in [1.807, 2.05) is 58.0 Å². The number of hydrogen-bond acceptors (Lipinski definition) is 6. The Bertz CT molecular complexity index is 1070. The van der Waals surface area contributed by atoms with Crippen LogP contribution in [0.2, 0.25) is 0 Å². The van der Waals surface area contributed by atoms with Gasteiger partial charge in [0.1, 0.15) is 11.3 Å². The first-order valence-electron chi connectivity index (χ1n) is 10.5. The number of esters is 1. The summed E-state index contributed by atoms with van der Waals surface area (Å²) in [5.41, 5.74) is 8.05. The summed E-state index contributed by atoms with van der Waals surface area (Å²) in [7, 11) is 0. The topological polar surface area (TPSA) is 85.5 Å². The molecule has 7 heteroatoms. The average molecular weight is 452 g/mol. The van der Waals surface area contributed by atoms with Gasteiger partial charge in [-0.3, -0.25) is 4.79 Å². The van der Waals surface area contributed by atoms with Crippen molar-refractivity contribution in [2.45, 2.75) is 46.3 Å². The number of benzene rings is 2. The molecule has 2 aromatic carbocycles. The number of nitrogens with two attached hydrogens (primary N) is 1. The lowest BCUT2D eigenvalue weighted by molar-refractivity contribution is 0.00694. The molecular weight excluding hydrogens is 422 g/mol. The van der Waals surface area contributed by atoms with Gasteiger partial charge in [0.05, 0.1) is 5.56 Å². The van der Waals surface area contributed by atoms with Crippen molar-refractivity contribution in [3.05, 3.63) is 81.9 Å². The van der Waals surface area contributed by atoms with Gasteiger partial charge < -0.3 is 15.4 Å². The lowest BCUT2D eigenvalue weighted by Crippen LogP contribution is -2.25. The number of nitrogens with zero attached hydrogens (tertiary/aromatic N) is 2. The van der Waals surface area contributed by atoms with Crippen molar-refractivity contribution in [3.63, 3.8) is 0 Å². The van der Waals surface area contributed by atoms with Gasteiger partial charge in [-0.15, -0.1) is 11.3 Å². The number of carbonyl (C=O) groups is 2. The van der Waals surface area contributed by atoms with Crippen molar-refractivity contribution in [1.29, 1.82) is 0 Å². The lowest BCUT2D eigenvalue weighted by Gasteiger charge is -2.22. The van der Waals surface area contributed by atoms with Crippen molar-refractivity contribution in [3.8, 4) is 0 Å². The summed E-state index contributed by atoms with van der Waals surface area (Å²) >= 11 is 1.47. The van der Waals surface area contributed by atoms with Crippen LogP contribution in [0.4, 0.5) is 5.13 Å². The molecule has 0 aliphatic rings. The monoisotopic (exact) mass is 451 g/mol. The van der Waals surface area contributed by atoms with E-state index < -0.39 is 11.5 Å². The fourth-order valence-corrected chi connectivity index (χ4v) is 4.14. The number of hydrogen-bond donors (Lipinski definition) is 1. The van der Waals surface area contributed by atoms with Crippen molar-refractivity contribution < 1.29 is 14.3 Å². The summed E-state index contributed by atoms with van der Waals surface area (Å²) in [4.78, 5) is 31.4. The van der Waals surface area contributed by atoms with Crippen LogP contribution >= 0.6 is 11.3 Å². The van der Waals surface area contributed by atoms with E-state index in [9.17, 15) is 9.59 Å². The van der Waals surface area contributed by atoms with Crippen molar-refractivity contribution in [1.82, 2.24) is 4.98 Å². The molecule has 0 unspecified atom stereocenters. The molecule has 0 saturated heterocycles. The van der Waals surface area contributed by atoms with Crippen LogP contribution in [0, 0.1) is 6.92 Å². The quantitative estimate of drug-likeness (QED) is 0.499. The van der Waals surface area contributed by atoms with Gasteiger partial charge in [0, 0.05) is 18.0 Å². The van der Waals surface area contributed by atoms with E-state index in [2.05, 4.69) is 22.0 Å². The molecule has 0 aliphatic heterocycles. The van der Waals surface area contributed by atoms with Crippen LogP contribution in [0.3, 0.4) is 0 Å². The molecule has 1 aromatic heterocycles. The predicted octanol–water partition coefficient (Wildman–Crippen LogP) is 4.76. The molecule has 168 valence electrons. The predicted molar refractivity (Wildman–Crippen MR) is 128 cm³/mol. The molecule has 6 nitrogen and oxygen atoms in total. The Morgan fingerprint density at radius 2 is 1.69 bits per heavy atom. The Labute approximate surface area is 193 Å². The number of aromatic nitrogens is 1. The van der Waals surface area contributed by atoms with E-state index in [1.54, 1.807) is 12.1 Å². The summed E-state index contributed by atoms with van der Waals surface area (Å²) in [5.74, 6) is -0.839. The molecule has 0 saturated carbocycles. The maximum absolute atomic E-state index is 12.2. The minimum Gasteiger partial charge on any atom is -0.456 e. The van der Waals surface area contributed by atoms with Crippen molar-refractivity contribution in [2.24, 2.45) is 5.73 Å². The molecule has 0 atom stereocenters. The van der Waals surface area contributed by atoms with E-state index in [4.69, 9.17) is 10.5 Å². The van der Waals surface area contributed by atoms with Gasteiger partial charge >= 0.3 is 5.97 Å². The highest BCUT2D eigenvalue weighted by Crippen LogP contribution is 2.27. The number of primary amides is 1. The molecule has 1 heterocycles. The first-order chi connectivity index (χ1) is 15.1. The van der Waals surface area contributed by atoms with Gasteiger partial charge in [-0.25, -0.2) is 9.78 Å². The minimum absolute atomic E-state index is 0.324. The Morgan fingerprint density at radius 1 is 1.03 bits per heavy atom. The van der Waals surface area contributed by atoms with Crippen LogP contribution in [0.5, 0.6) is 0 Å². The maximum Gasteiger partial charge on any atom is 0.338 e. The first kappa shape index (κ1) is 23.5. The number of ether oxygens (including phenoxy) is 1. The number of aryl methyl sites for hydroxylation is 1. The largest absolute Gasteiger partial charge is 0.456 e. The second-order valence-corrected chi connectivity index (χ2v) is 9.80. The van der Waals surface area contributed by atoms with E-state index >= 15 is 0 Å². The summed E-state index contributed by atoms with van der Waals surface area (Å²) in [6, 6.07) is 17.6. The van der Waals surface area contributed by atoms with Crippen LogP contribution in [-0.4, -0.2) is 29.0 Å². The Kier molecular flexibility index (Phi) is 7.30. The third-order valence-electron chi connectivity index (χ3n) is 4.76. The average Bonchev–Trinajstić information content (AvgIpc) is 3.13. The second-order valence-electron chi connectivity index (χ2n) is 8.62. The standard InChI is InChI=1S/C25H29N3O3S/c1-17-21(22(26)29)27-24(32-17)28(16-19-8-6-5-7-9-19)15-14-18-10-12-20(13-11-18)23(30)31-25(2,3)4/h5-13H,14-16H2,1-4H3,(H2,26,29). The summed E-state index contributed by atoms with van der Waals surface area (Å²) < 4.78 is 5.43. The Balaban J connectivity index is 1.74. The minimum atomic E-state index is -0.525. The van der Waals surface area contributed by atoms with Gasteiger partial charge in [0.25, 0.3) is 5.91 Å². The molecule has 0 radical (unpaired) electrons. The lowest BCUT2D eigenvalue weighted by atomic mass is 10.1. The van der Waals surface area contributed by atoms with E-state index in [0.29, 0.717) is 24.3 Å². The van der Waals surface area contributed by atoms with Crippen LogP contribution < -0.4 is 10.6 Å². The highest BCUT2D eigenvalue weighted by Gasteiger charge is 2.19. The van der Waals surface area contributed by atoms with Gasteiger partial charge in [-0.2, -0.15) is 0 Å². The summed E-state index contributed by atoms with van der Waals surface area (Å²) in [5, 5.41) is 0.769. The molecule has 0 spiro atoms. The molecule has 32 heavy (non-hydrogen) atoms. The molecule has 0 fully saturated rings. The Hall–Kier alpha value is -3.19. The van der Waals surface area contributed by atoms with E-state index in [0.717, 1.165) is 27.6 Å². The highest BCUT2D eigenvalue weighted by molar-refractivity contribution is 7.15. The van der Waals surface area contributed by atoms with Crippen LogP contribution in [-0.2, 0) is 17.7 Å². The molecule has 0 aliphatic carbocycles. The van der Waals surface area contributed by atoms with Crippen LogP contribution in [0.15, 0.2) is 54.6 Å². The second kappa shape index (κ2) is 9.96. The molecule has 2 N–H and O–H groups in total. The van der Waals surface area contributed by atoms with Crippen molar-refractivity contribution in [2.75, 3.05) is 11.4 Å². The fourth-order valence-electron chi connectivity index (χ4n) is 3.20. The van der Waals surface area contributed by atoms with Gasteiger partial charge in [0.2, 0.25) is 0 Å². The molecular formula is C25H29N3O3S. The van der Waals surface area contributed by atoms with Gasteiger partial charge in [-0.1, -0.05) is 42.5 Å². The van der Waals surface area contributed by atoms with Crippen LogP contribution in [0.1, 0.15) is 57.6 Å². The zero-order chi connectivity index (χ0) is 23.3. The third-order valence-corrected chi connectivity index (χ3v) is 5.80. The molecule has 0 bridgehead atoms. The van der Waals surface area contributed by atoms with Gasteiger partial charge in [-0.05, 0) is 57.4 Å². The Morgan fingerprint density at radius 3 is 2.25 bits per heavy atom. The molecule has 3 aromatic rings. The smallest absolute Gasteiger partial charge is 0.338 e. The number of carbonyl (C=O) groups excluding carboxylic acids is 2. The van der Waals surface area contributed by atoms with Crippen molar-refractivity contribution >= 4 is 28.3 Å². The third kappa shape index (κ3) is 6.40. The zero-order valence-corrected chi connectivity index (χ0v) is 19.7. The number of amides is 1. The number of rotatable bonds is 8. The maximum atomic E-state index is 12.2. The molecule has 1 amide bonds. The van der Waals surface area contributed by atoms with Crippen LogP contribution in [0.25, 0.3) is 0 Å². The van der Waals surface area contributed by atoms with Gasteiger partial charge in [0.15, 0.2) is 5.13 Å². The summed E-state index contributed by atoms with van der Waals surface area (Å²) in [6.07, 6.45) is 0.756. The first-order valence-corrected chi connectivity index (χ1v) is 11.3.